The molecule has 1 spiro atoms. The molecule has 3 aromatic rings. The van der Waals surface area contributed by atoms with E-state index in [9.17, 15) is 19.5 Å². The van der Waals surface area contributed by atoms with Gasteiger partial charge in [-0.05, 0) is 73.5 Å². The highest BCUT2D eigenvalue weighted by Crippen LogP contribution is 2.60. The molecule has 0 aliphatic carbocycles. The first kappa shape index (κ1) is 28.6. The molecule has 0 aromatic heterocycles. The van der Waals surface area contributed by atoms with Gasteiger partial charge in [-0.3, -0.25) is 14.5 Å². The summed E-state index contributed by atoms with van der Waals surface area (Å²) in [5.41, 5.74) is 3.72. The van der Waals surface area contributed by atoms with Gasteiger partial charge >= 0.3 is 0 Å². The van der Waals surface area contributed by atoms with Gasteiger partial charge in [-0.2, -0.15) is 0 Å². The average Bonchev–Trinajstić information content (AvgIpc) is 3.40. The number of benzene rings is 3. The van der Waals surface area contributed by atoms with E-state index in [1.807, 2.05) is 80.7 Å². The lowest BCUT2D eigenvalue weighted by Gasteiger charge is -2.32. The highest BCUT2D eigenvalue weighted by Gasteiger charge is 2.66. The van der Waals surface area contributed by atoms with E-state index in [2.05, 4.69) is 6.07 Å². The number of aliphatic hydroxyl groups is 1. The van der Waals surface area contributed by atoms with Crippen molar-refractivity contribution in [3.8, 4) is 5.75 Å². The number of hydrogen-bond donors (Lipinski definition) is 2. The molecule has 2 amide bonds. The second-order valence-electron chi connectivity index (χ2n) is 12.2. The molecular weight excluding hydrogens is 548 g/mol. The number of amides is 2. The number of nitrogens with zero attached hydrogens (tertiary/aromatic N) is 2. The van der Waals surface area contributed by atoms with Crippen molar-refractivity contribution in [2.45, 2.75) is 63.1 Å². The standard InChI is InChI=1S/C33H38N2O6Si/c1-21-31(42(3,4)39)29(17-18-36)41-33(21)26-19-25(40-2)14-15-28(26)34(32(33)38)20-22-9-12-24(13-10-22)35-27-8-6-5-7-23(27)11-16-30(35)37/h5-10,12-15,19,21,29,31,36,39H,11,16-18,20H2,1-4H3/t21-,29+,31-,33+/m1/s1. The SMILES string of the molecule is COc1ccc2c(c1)[C@]1(O[C@@H](CCO)[C@H]([Si](C)(C)O)[C@H]1C)C(=O)N2Cc1ccc(N2C(=O)CCc3ccccc32)cc1. The van der Waals surface area contributed by atoms with Gasteiger partial charge in [0.15, 0.2) is 13.9 Å². The minimum Gasteiger partial charge on any atom is -0.497 e. The number of carbonyl (C=O) groups is 2. The van der Waals surface area contributed by atoms with Crippen LogP contribution in [0.15, 0.2) is 66.7 Å². The van der Waals surface area contributed by atoms with Crippen molar-refractivity contribution < 1.29 is 29.0 Å². The van der Waals surface area contributed by atoms with E-state index in [0.29, 0.717) is 25.1 Å². The molecule has 1 fully saturated rings. The molecule has 3 aliphatic rings. The fourth-order valence-corrected chi connectivity index (χ4v) is 9.98. The van der Waals surface area contributed by atoms with Gasteiger partial charge < -0.3 is 24.3 Å². The van der Waals surface area contributed by atoms with Crippen LogP contribution < -0.4 is 14.5 Å². The number of hydrogen-bond acceptors (Lipinski definition) is 6. The molecule has 3 heterocycles. The maximum Gasteiger partial charge on any atom is 0.264 e. The van der Waals surface area contributed by atoms with Gasteiger partial charge in [0.25, 0.3) is 5.91 Å². The van der Waals surface area contributed by atoms with E-state index in [-0.39, 0.29) is 29.9 Å². The van der Waals surface area contributed by atoms with Gasteiger partial charge in [0.1, 0.15) is 5.75 Å². The van der Waals surface area contributed by atoms with E-state index in [4.69, 9.17) is 9.47 Å². The number of ether oxygens (including phenoxy) is 2. The summed E-state index contributed by atoms with van der Waals surface area (Å²) in [6, 6.07) is 21.4. The molecule has 8 nitrogen and oxygen atoms in total. The first-order valence-electron chi connectivity index (χ1n) is 14.6. The zero-order chi connectivity index (χ0) is 29.8. The van der Waals surface area contributed by atoms with Crippen molar-refractivity contribution in [2.24, 2.45) is 5.92 Å². The quantitative estimate of drug-likeness (QED) is 0.377. The van der Waals surface area contributed by atoms with Gasteiger partial charge in [0, 0.05) is 35.7 Å². The molecule has 2 N–H and O–H groups in total. The summed E-state index contributed by atoms with van der Waals surface area (Å²) in [5, 5.41) is 9.82. The number of aliphatic hydroxyl groups excluding tert-OH is 1. The van der Waals surface area contributed by atoms with Crippen molar-refractivity contribution in [1.29, 1.82) is 0 Å². The lowest BCUT2D eigenvalue weighted by molar-refractivity contribution is -0.146. The van der Waals surface area contributed by atoms with Crippen LogP contribution in [0.25, 0.3) is 0 Å². The second kappa shape index (κ2) is 10.6. The molecule has 3 aromatic carbocycles. The molecule has 0 bridgehead atoms. The average molecular weight is 587 g/mol. The first-order chi connectivity index (χ1) is 20.1. The van der Waals surface area contributed by atoms with Gasteiger partial charge in [-0.15, -0.1) is 0 Å². The Bertz CT molecular complexity index is 1520. The van der Waals surface area contributed by atoms with Crippen LogP contribution in [0.4, 0.5) is 17.1 Å². The molecule has 220 valence electrons. The fraction of sp³-hybridized carbons (Fsp3) is 0.394. The Hall–Kier alpha value is -3.50. The third-order valence-electron chi connectivity index (χ3n) is 9.23. The fourth-order valence-electron chi connectivity index (χ4n) is 7.38. The largest absolute Gasteiger partial charge is 0.497 e. The Morgan fingerprint density at radius 3 is 2.45 bits per heavy atom. The lowest BCUT2D eigenvalue weighted by Crippen LogP contribution is -2.46. The third-order valence-corrected chi connectivity index (χ3v) is 11.7. The van der Waals surface area contributed by atoms with Crippen molar-refractivity contribution >= 4 is 37.2 Å². The summed E-state index contributed by atoms with van der Waals surface area (Å²) in [4.78, 5) is 42.2. The molecule has 0 unspecified atom stereocenters. The summed E-state index contributed by atoms with van der Waals surface area (Å²) in [6.07, 6.45) is 1.11. The molecule has 9 heteroatoms. The van der Waals surface area contributed by atoms with E-state index >= 15 is 0 Å². The van der Waals surface area contributed by atoms with E-state index < -0.39 is 20.0 Å². The summed E-state index contributed by atoms with van der Waals surface area (Å²) in [6.45, 7) is 5.96. The van der Waals surface area contributed by atoms with Crippen molar-refractivity contribution in [1.82, 2.24) is 0 Å². The van der Waals surface area contributed by atoms with Crippen LogP contribution in [0.2, 0.25) is 18.6 Å². The van der Waals surface area contributed by atoms with Crippen LogP contribution in [0.1, 0.15) is 36.5 Å². The number of aryl methyl sites for hydroxylation is 1. The normalized spacial score (nSPS) is 25.2. The molecule has 42 heavy (non-hydrogen) atoms. The maximum atomic E-state index is 14.5. The zero-order valence-corrected chi connectivity index (χ0v) is 25.5. The zero-order valence-electron chi connectivity index (χ0n) is 24.5. The maximum absolute atomic E-state index is 14.5. The predicted molar refractivity (Wildman–Crippen MR) is 163 cm³/mol. The summed E-state index contributed by atoms with van der Waals surface area (Å²) in [7, 11) is -1.18. The third kappa shape index (κ3) is 4.46. The van der Waals surface area contributed by atoms with E-state index in [1.165, 1.54) is 0 Å². The highest BCUT2D eigenvalue weighted by atomic mass is 28.4. The Morgan fingerprint density at radius 1 is 1.02 bits per heavy atom. The van der Waals surface area contributed by atoms with Gasteiger partial charge in [0.2, 0.25) is 5.91 Å². The van der Waals surface area contributed by atoms with Gasteiger partial charge in [-0.1, -0.05) is 37.3 Å². The van der Waals surface area contributed by atoms with Crippen molar-refractivity contribution in [3.05, 3.63) is 83.4 Å². The van der Waals surface area contributed by atoms with Crippen LogP contribution in [0, 0.1) is 5.92 Å². The number of rotatable bonds is 7. The Kier molecular flexibility index (Phi) is 7.25. The van der Waals surface area contributed by atoms with Crippen molar-refractivity contribution in [2.75, 3.05) is 23.5 Å². The lowest BCUT2D eigenvalue weighted by atomic mass is 9.82. The molecule has 0 radical (unpaired) electrons. The molecule has 1 saturated heterocycles. The van der Waals surface area contributed by atoms with Crippen LogP contribution in [-0.2, 0) is 32.9 Å². The second-order valence-corrected chi connectivity index (χ2v) is 16.1. The summed E-state index contributed by atoms with van der Waals surface area (Å²) >= 11 is 0. The topological polar surface area (TPSA) is 99.5 Å². The van der Waals surface area contributed by atoms with Crippen molar-refractivity contribution in [3.63, 3.8) is 0 Å². The smallest absolute Gasteiger partial charge is 0.264 e. The predicted octanol–water partition coefficient (Wildman–Crippen LogP) is 5.03. The number of para-hydroxylation sites is 1. The molecular formula is C33H38N2O6Si. The molecule has 6 rings (SSSR count). The monoisotopic (exact) mass is 586 g/mol. The van der Waals surface area contributed by atoms with Crippen LogP contribution in [-0.4, -0.2) is 49.9 Å². The molecule has 0 saturated carbocycles. The minimum absolute atomic E-state index is 0.0655. The Balaban J connectivity index is 1.35. The van der Waals surface area contributed by atoms with Crippen LogP contribution >= 0.6 is 0 Å². The van der Waals surface area contributed by atoms with Crippen LogP contribution in [0.3, 0.4) is 0 Å². The minimum atomic E-state index is -2.77. The van der Waals surface area contributed by atoms with E-state index in [1.54, 1.807) is 16.9 Å². The number of methoxy groups -OCH3 is 1. The summed E-state index contributed by atoms with van der Waals surface area (Å²) in [5.74, 6) is 0.204. The Labute approximate surface area is 247 Å². The Morgan fingerprint density at radius 2 is 1.76 bits per heavy atom. The van der Waals surface area contributed by atoms with Gasteiger partial charge in [-0.25, -0.2) is 0 Å². The number of fused-ring (bicyclic) bond motifs is 3. The number of anilines is 3. The first-order valence-corrected chi connectivity index (χ1v) is 17.6. The summed E-state index contributed by atoms with van der Waals surface area (Å²) < 4.78 is 12.2. The van der Waals surface area contributed by atoms with Crippen LogP contribution in [0.5, 0.6) is 5.75 Å². The molecule has 3 aliphatic heterocycles. The highest BCUT2D eigenvalue weighted by molar-refractivity contribution is 6.71. The number of carbonyl (C=O) groups excluding carboxylic acids is 2. The van der Waals surface area contributed by atoms with E-state index in [0.717, 1.165) is 40.2 Å². The molecule has 4 atom stereocenters. The van der Waals surface area contributed by atoms with Gasteiger partial charge in [0.05, 0.1) is 31.1 Å².